The second-order valence-electron chi connectivity index (χ2n) is 2.61. The number of carbonyl (C=O) groups is 2. The average molecular weight is 158 g/mol. The van der Waals surface area contributed by atoms with Gasteiger partial charge in [0.2, 0.25) is 12.3 Å². The van der Waals surface area contributed by atoms with Gasteiger partial charge in [-0.15, -0.1) is 0 Å². The van der Waals surface area contributed by atoms with Crippen molar-refractivity contribution in [2.75, 3.05) is 6.54 Å². The van der Waals surface area contributed by atoms with Crippen molar-refractivity contribution in [3.05, 3.63) is 0 Å². The number of hydrogen-bond donors (Lipinski definition) is 2. The number of nitrogens with two attached hydrogens (primary N) is 1. The molecule has 0 bridgehead atoms. The van der Waals surface area contributed by atoms with Crippen LogP contribution >= 0.6 is 0 Å². The number of amides is 2. The molecule has 0 aromatic carbocycles. The number of aliphatic hydroxyl groups excluding tert-OH is 1. The van der Waals surface area contributed by atoms with Crippen LogP contribution in [0.15, 0.2) is 0 Å². The van der Waals surface area contributed by atoms with Crippen LogP contribution in [-0.2, 0) is 9.59 Å². The molecule has 5 heteroatoms. The molecule has 0 aromatic rings. The van der Waals surface area contributed by atoms with Crippen molar-refractivity contribution in [2.24, 2.45) is 5.73 Å². The smallest absolute Gasteiger partial charge is 0.240 e. The summed E-state index contributed by atoms with van der Waals surface area (Å²) >= 11 is 0. The van der Waals surface area contributed by atoms with Crippen LogP contribution in [0.4, 0.5) is 0 Å². The van der Waals surface area contributed by atoms with Crippen molar-refractivity contribution in [1.29, 1.82) is 0 Å². The molecule has 1 fully saturated rings. The topological polar surface area (TPSA) is 83.6 Å². The maximum Gasteiger partial charge on any atom is 0.240 e. The predicted octanol–water partition coefficient (Wildman–Crippen LogP) is -1.94. The number of rotatable bonds is 2. The van der Waals surface area contributed by atoms with E-state index in [1.54, 1.807) is 0 Å². The van der Waals surface area contributed by atoms with Crippen LogP contribution in [0.3, 0.4) is 0 Å². The Balaban J connectivity index is 2.64. The molecule has 0 unspecified atom stereocenters. The zero-order valence-electron chi connectivity index (χ0n) is 5.93. The number of hydrogen-bond acceptors (Lipinski definition) is 3. The number of primary amides is 1. The van der Waals surface area contributed by atoms with E-state index in [4.69, 9.17) is 10.8 Å². The Morgan fingerprint density at radius 2 is 2.36 bits per heavy atom. The van der Waals surface area contributed by atoms with E-state index < -0.39 is 18.1 Å². The lowest BCUT2D eigenvalue weighted by Gasteiger charge is -2.14. The van der Waals surface area contributed by atoms with Gasteiger partial charge in [0.1, 0.15) is 6.04 Å². The summed E-state index contributed by atoms with van der Waals surface area (Å²) in [5.41, 5.74) is 4.98. The highest BCUT2D eigenvalue weighted by Gasteiger charge is 2.33. The van der Waals surface area contributed by atoms with Crippen LogP contribution in [0.1, 0.15) is 6.42 Å². The highest BCUT2D eigenvalue weighted by Crippen LogP contribution is 2.14. The highest BCUT2D eigenvalue weighted by molar-refractivity contribution is 5.82. The Hall–Kier alpha value is -1.10. The standard InChI is InChI=1S/C6H10N2O3/c7-6(11)5-1-4(10)2-8(5)3-9/h3-5,10H,1-2H2,(H2,7,11)/t4-,5+/m1/s1. The summed E-state index contributed by atoms with van der Waals surface area (Å²) in [4.78, 5) is 22.1. The molecule has 0 saturated carbocycles. The summed E-state index contributed by atoms with van der Waals surface area (Å²) in [6, 6.07) is -0.623. The summed E-state index contributed by atoms with van der Waals surface area (Å²) in [6.07, 6.45) is 0.178. The number of nitrogens with zero attached hydrogens (tertiary/aromatic N) is 1. The van der Waals surface area contributed by atoms with Gasteiger partial charge in [0.25, 0.3) is 0 Å². The average Bonchev–Trinajstić information content (AvgIpc) is 2.30. The monoisotopic (exact) mass is 158 g/mol. The lowest BCUT2D eigenvalue weighted by molar-refractivity contribution is -0.129. The Morgan fingerprint density at radius 1 is 1.73 bits per heavy atom. The number of β-amino-alcohol motifs (C(OH)–C–C–N with tert-alkyl or cyclic N) is 1. The molecule has 11 heavy (non-hydrogen) atoms. The summed E-state index contributed by atoms with van der Waals surface area (Å²) in [6.45, 7) is 0.205. The van der Waals surface area contributed by atoms with Crippen LogP contribution in [0.5, 0.6) is 0 Å². The molecule has 5 nitrogen and oxygen atoms in total. The first-order valence-corrected chi connectivity index (χ1v) is 3.33. The SMILES string of the molecule is NC(=O)[C@@H]1C[C@@H](O)CN1C=O. The summed E-state index contributed by atoms with van der Waals surface area (Å²) in [5, 5.41) is 9.04. The fourth-order valence-corrected chi connectivity index (χ4v) is 1.23. The highest BCUT2D eigenvalue weighted by atomic mass is 16.3. The minimum Gasteiger partial charge on any atom is -0.391 e. The van der Waals surface area contributed by atoms with Crippen molar-refractivity contribution in [1.82, 2.24) is 4.90 Å². The minimum absolute atomic E-state index is 0.205. The maximum atomic E-state index is 10.6. The van der Waals surface area contributed by atoms with E-state index in [0.29, 0.717) is 6.41 Å². The van der Waals surface area contributed by atoms with E-state index in [2.05, 4.69) is 0 Å². The summed E-state index contributed by atoms with van der Waals surface area (Å²) in [7, 11) is 0. The Kier molecular flexibility index (Phi) is 2.09. The molecular formula is C6H10N2O3. The Labute approximate surface area is 63.8 Å². The van der Waals surface area contributed by atoms with Crippen LogP contribution in [0.2, 0.25) is 0 Å². The first-order chi connectivity index (χ1) is 5.15. The molecule has 0 aliphatic carbocycles. The van der Waals surface area contributed by atoms with Gasteiger partial charge in [-0.25, -0.2) is 0 Å². The van der Waals surface area contributed by atoms with Gasteiger partial charge in [0, 0.05) is 13.0 Å². The van der Waals surface area contributed by atoms with Gasteiger partial charge in [0.15, 0.2) is 0 Å². The molecule has 62 valence electrons. The van der Waals surface area contributed by atoms with E-state index in [1.165, 1.54) is 4.90 Å². The van der Waals surface area contributed by atoms with Gasteiger partial charge in [0.05, 0.1) is 6.10 Å². The molecule has 0 aromatic heterocycles. The molecule has 1 aliphatic rings. The third kappa shape index (κ3) is 1.48. The zero-order chi connectivity index (χ0) is 8.43. The predicted molar refractivity (Wildman–Crippen MR) is 36.4 cm³/mol. The van der Waals surface area contributed by atoms with Gasteiger partial charge in [-0.3, -0.25) is 9.59 Å². The second-order valence-corrected chi connectivity index (χ2v) is 2.61. The molecule has 1 aliphatic heterocycles. The quantitative estimate of drug-likeness (QED) is 0.459. The van der Waals surface area contributed by atoms with E-state index in [-0.39, 0.29) is 13.0 Å². The van der Waals surface area contributed by atoms with Crippen LogP contribution < -0.4 is 5.73 Å². The number of likely N-dealkylation sites (tertiary alicyclic amines) is 1. The fraction of sp³-hybridized carbons (Fsp3) is 0.667. The minimum atomic E-state index is -0.623. The Morgan fingerprint density at radius 3 is 2.73 bits per heavy atom. The molecular weight excluding hydrogens is 148 g/mol. The number of carbonyl (C=O) groups excluding carboxylic acids is 2. The maximum absolute atomic E-state index is 10.6. The van der Waals surface area contributed by atoms with Crippen LogP contribution in [0, 0.1) is 0 Å². The van der Waals surface area contributed by atoms with Crippen molar-refractivity contribution >= 4 is 12.3 Å². The lowest BCUT2D eigenvalue weighted by Crippen LogP contribution is -2.39. The van der Waals surface area contributed by atoms with Crippen LogP contribution in [0.25, 0.3) is 0 Å². The van der Waals surface area contributed by atoms with Gasteiger partial charge in [-0.1, -0.05) is 0 Å². The lowest BCUT2D eigenvalue weighted by atomic mass is 10.2. The van der Waals surface area contributed by atoms with Crippen LogP contribution in [-0.4, -0.2) is 41.0 Å². The second kappa shape index (κ2) is 2.87. The molecule has 2 amide bonds. The molecule has 2 atom stereocenters. The Bertz CT molecular complexity index is 183. The fourth-order valence-electron chi connectivity index (χ4n) is 1.23. The largest absolute Gasteiger partial charge is 0.391 e. The van der Waals surface area contributed by atoms with Crippen molar-refractivity contribution in [3.8, 4) is 0 Å². The van der Waals surface area contributed by atoms with E-state index in [0.717, 1.165) is 0 Å². The first-order valence-electron chi connectivity index (χ1n) is 3.33. The molecule has 0 spiro atoms. The van der Waals surface area contributed by atoms with Gasteiger partial charge < -0.3 is 15.7 Å². The number of aliphatic hydroxyl groups is 1. The molecule has 1 saturated heterocycles. The van der Waals surface area contributed by atoms with E-state index in [1.807, 2.05) is 0 Å². The van der Waals surface area contributed by atoms with Crippen molar-refractivity contribution in [2.45, 2.75) is 18.6 Å². The molecule has 1 heterocycles. The zero-order valence-corrected chi connectivity index (χ0v) is 5.93. The molecule has 3 N–H and O–H groups in total. The van der Waals surface area contributed by atoms with Crippen molar-refractivity contribution < 1.29 is 14.7 Å². The molecule has 0 radical (unpaired) electrons. The van der Waals surface area contributed by atoms with E-state index >= 15 is 0 Å². The normalized spacial score (nSPS) is 30.5. The van der Waals surface area contributed by atoms with Crippen molar-refractivity contribution in [3.63, 3.8) is 0 Å². The molecule has 1 rings (SSSR count). The summed E-state index contributed by atoms with van der Waals surface area (Å²) < 4.78 is 0. The van der Waals surface area contributed by atoms with Gasteiger partial charge in [-0.2, -0.15) is 0 Å². The van der Waals surface area contributed by atoms with Gasteiger partial charge in [-0.05, 0) is 0 Å². The van der Waals surface area contributed by atoms with E-state index in [9.17, 15) is 9.59 Å². The van der Waals surface area contributed by atoms with Gasteiger partial charge >= 0.3 is 0 Å². The first kappa shape index (κ1) is 8.00. The third-order valence-corrected chi connectivity index (χ3v) is 1.78. The third-order valence-electron chi connectivity index (χ3n) is 1.78. The summed E-state index contributed by atoms with van der Waals surface area (Å²) in [5.74, 6) is -0.561.